The summed E-state index contributed by atoms with van der Waals surface area (Å²) >= 11 is 0. The van der Waals surface area contributed by atoms with Gasteiger partial charge in [-0.2, -0.15) is 0 Å². The van der Waals surface area contributed by atoms with Crippen LogP contribution >= 0.6 is 0 Å². The minimum Gasteiger partial charge on any atom is -0.493 e. The molecule has 0 radical (unpaired) electrons. The molecule has 1 aliphatic rings. The average molecular weight is 392 g/mol. The maximum atomic E-state index is 12.5. The molecule has 0 spiro atoms. The monoisotopic (exact) mass is 391 g/mol. The van der Waals surface area contributed by atoms with Gasteiger partial charge in [-0.05, 0) is 36.5 Å². The van der Waals surface area contributed by atoms with Gasteiger partial charge >= 0.3 is 0 Å². The molecule has 156 valence electrons. The number of likely N-dealkylation sites (tertiary alicyclic amines) is 1. The van der Waals surface area contributed by atoms with E-state index in [1.165, 1.54) is 0 Å². The van der Waals surface area contributed by atoms with Crippen molar-refractivity contribution in [3.63, 3.8) is 0 Å². The molecule has 1 aliphatic heterocycles. The van der Waals surface area contributed by atoms with E-state index in [0.717, 1.165) is 12.0 Å². The third-order valence-corrected chi connectivity index (χ3v) is 5.09. The number of nitrogens with zero attached hydrogens (tertiary/aromatic N) is 1. The van der Waals surface area contributed by atoms with Gasteiger partial charge in [0.25, 0.3) is 0 Å². The minimum atomic E-state index is -0.306. The van der Waals surface area contributed by atoms with Crippen molar-refractivity contribution in [1.29, 1.82) is 0 Å². The first-order valence-corrected chi connectivity index (χ1v) is 9.87. The van der Waals surface area contributed by atoms with Crippen LogP contribution in [0.25, 0.3) is 0 Å². The summed E-state index contributed by atoms with van der Waals surface area (Å²) in [4.78, 5) is 26.6. The summed E-state index contributed by atoms with van der Waals surface area (Å²) in [6, 6.07) is 5.70. The molecule has 1 aromatic rings. The van der Waals surface area contributed by atoms with Gasteiger partial charge in [-0.3, -0.25) is 9.59 Å². The van der Waals surface area contributed by atoms with E-state index in [4.69, 9.17) is 15.2 Å². The molecular formula is C21H33N3O4. The van der Waals surface area contributed by atoms with Crippen LogP contribution in [-0.4, -0.2) is 56.6 Å². The van der Waals surface area contributed by atoms with Gasteiger partial charge in [0.15, 0.2) is 11.5 Å². The largest absolute Gasteiger partial charge is 0.493 e. The van der Waals surface area contributed by atoms with E-state index >= 15 is 0 Å². The number of benzene rings is 1. The first-order valence-electron chi connectivity index (χ1n) is 9.87. The summed E-state index contributed by atoms with van der Waals surface area (Å²) in [6.07, 6.45) is 1.79. The Morgan fingerprint density at radius 2 is 2.00 bits per heavy atom. The third-order valence-electron chi connectivity index (χ3n) is 5.09. The Hall–Kier alpha value is -2.28. The zero-order chi connectivity index (χ0) is 20.7. The molecule has 1 heterocycles. The molecule has 2 atom stereocenters. The number of hydrogen-bond donors (Lipinski definition) is 2. The molecule has 2 unspecified atom stereocenters. The van der Waals surface area contributed by atoms with Gasteiger partial charge in [0, 0.05) is 32.1 Å². The summed E-state index contributed by atoms with van der Waals surface area (Å²) in [7, 11) is 3.20. The second-order valence-electron chi connectivity index (χ2n) is 7.75. The fourth-order valence-corrected chi connectivity index (χ4v) is 3.57. The number of ether oxygens (including phenoxy) is 2. The zero-order valence-electron chi connectivity index (χ0n) is 17.4. The van der Waals surface area contributed by atoms with Crippen LogP contribution in [0, 0.1) is 11.8 Å². The van der Waals surface area contributed by atoms with Crippen molar-refractivity contribution in [2.45, 2.75) is 39.2 Å². The highest BCUT2D eigenvalue weighted by Gasteiger charge is 2.34. The van der Waals surface area contributed by atoms with E-state index in [9.17, 15) is 9.59 Å². The van der Waals surface area contributed by atoms with Gasteiger partial charge in [0.05, 0.1) is 20.1 Å². The number of rotatable bonds is 10. The predicted octanol–water partition coefficient (Wildman–Crippen LogP) is 1.58. The highest BCUT2D eigenvalue weighted by Crippen LogP contribution is 2.28. The lowest BCUT2D eigenvalue weighted by Crippen LogP contribution is -2.44. The van der Waals surface area contributed by atoms with Gasteiger partial charge in [-0.25, -0.2) is 0 Å². The van der Waals surface area contributed by atoms with E-state index in [1.54, 1.807) is 19.1 Å². The molecule has 1 saturated heterocycles. The summed E-state index contributed by atoms with van der Waals surface area (Å²) in [6.45, 7) is 5.64. The molecule has 0 saturated carbocycles. The lowest BCUT2D eigenvalue weighted by atomic mass is 10.0. The number of nitrogens with one attached hydrogen (secondary N) is 1. The number of nitrogens with two attached hydrogens (primary N) is 1. The molecule has 0 aliphatic carbocycles. The van der Waals surface area contributed by atoms with Crippen LogP contribution in [0.4, 0.5) is 0 Å². The molecule has 2 rings (SSSR count). The first-order chi connectivity index (χ1) is 13.4. The number of carbonyl (C=O) groups is 2. The van der Waals surface area contributed by atoms with Gasteiger partial charge < -0.3 is 25.4 Å². The normalized spacial score (nSPS) is 17.7. The van der Waals surface area contributed by atoms with Crippen molar-refractivity contribution in [3.8, 4) is 11.5 Å². The lowest BCUT2D eigenvalue weighted by molar-refractivity contribution is -0.129. The summed E-state index contributed by atoms with van der Waals surface area (Å²) in [5.41, 5.74) is 6.82. The van der Waals surface area contributed by atoms with Crippen LogP contribution in [0.5, 0.6) is 11.5 Å². The van der Waals surface area contributed by atoms with Crippen molar-refractivity contribution >= 4 is 11.8 Å². The van der Waals surface area contributed by atoms with E-state index in [-0.39, 0.29) is 30.2 Å². The molecule has 28 heavy (non-hydrogen) atoms. The summed E-state index contributed by atoms with van der Waals surface area (Å²) < 4.78 is 10.6. The SMILES string of the molecule is COc1ccc(CCN2CC(C(=O)NC(CN)CC(C)C)CC2=O)cc1OC. The van der Waals surface area contributed by atoms with Gasteiger partial charge in [-0.1, -0.05) is 19.9 Å². The quantitative estimate of drug-likeness (QED) is 0.632. The molecule has 3 N–H and O–H groups in total. The van der Waals surface area contributed by atoms with Gasteiger partial charge in [-0.15, -0.1) is 0 Å². The predicted molar refractivity (Wildman–Crippen MR) is 108 cm³/mol. The minimum absolute atomic E-state index is 0.0220. The van der Waals surface area contributed by atoms with E-state index in [2.05, 4.69) is 19.2 Å². The smallest absolute Gasteiger partial charge is 0.225 e. The summed E-state index contributed by atoms with van der Waals surface area (Å²) in [5.74, 6) is 1.45. The Bertz CT molecular complexity index is 678. The molecule has 7 heteroatoms. The fraction of sp³-hybridized carbons (Fsp3) is 0.619. The van der Waals surface area contributed by atoms with Crippen LogP contribution in [0.2, 0.25) is 0 Å². The van der Waals surface area contributed by atoms with E-state index in [1.807, 2.05) is 18.2 Å². The van der Waals surface area contributed by atoms with Crippen LogP contribution in [0.15, 0.2) is 18.2 Å². The number of amides is 2. The zero-order valence-corrected chi connectivity index (χ0v) is 17.4. The van der Waals surface area contributed by atoms with Crippen LogP contribution in [0.1, 0.15) is 32.3 Å². The van der Waals surface area contributed by atoms with E-state index in [0.29, 0.717) is 43.5 Å². The first kappa shape index (κ1) is 22.0. The number of hydrogen-bond acceptors (Lipinski definition) is 5. The van der Waals surface area contributed by atoms with Crippen LogP contribution < -0.4 is 20.5 Å². The molecule has 2 amide bonds. The lowest BCUT2D eigenvalue weighted by Gasteiger charge is -2.21. The van der Waals surface area contributed by atoms with Crippen LogP contribution in [0.3, 0.4) is 0 Å². The maximum absolute atomic E-state index is 12.5. The number of methoxy groups -OCH3 is 2. The van der Waals surface area contributed by atoms with Crippen molar-refractivity contribution in [3.05, 3.63) is 23.8 Å². The van der Waals surface area contributed by atoms with Gasteiger partial charge in [0.1, 0.15) is 0 Å². The molecule has 1 aromatic carbocycles. The summed E-state index contributed by atoms with van der Waals surface area (Å²) in [5, 5.41) is 3.01. The Morgan fingerprint density at radius 1 is 1.29 bits per heavy atom. The van der Waals surface area contributed by atoms with Crippen molar-refractivity contribution in [2.75, 3.05) is 33.9 Å². The standard InChI is InChI=1S/C21H33N3O4/c1-14(2)9-17(12-22)23-21(26)16-11-20(25)24(13-16)8-7-15-5-6-18(27-3)19(10-15)28-4/h5-6,10,14,16-17H,7-9,11-13,22H2,1-4H3,(H,23,26). The van der Waals surface area contributed by atoms with Gasteiger partial charge in [0.2, 0.25) is 11.8 Å². The molecular weight excluding hydrogens is 358 g/mol. The Kier molecular flexibility index (Phi) is 8.11. The molecule has 1 fully saturated rings. The van der Waals surface area contributed by atoms with E-state index < -0.39 is 0 Å². The maximum Gasteiger partial charge on any atom is 0.225 e. The fourth-order valence-electron chi connectivity index (χ4n) is 3.57. The second-order valence-corrected chi connectivity index (χ2v) is 7.75. The third kappa shape index (κ3) is 5.86. The molecule has 0 bridgehead atoms. The van der Waals surface area contributed by atoms with Crippen molar-refractivity contribution in [2.24, 2.45) is 17.6 Å². The topological polar surface area (TPSA) is 93.9 Å². The highest BCUT2D eigenvalue weighted by molar-refractivity contribution is 5.89. The molecule has 7 nitrogen and oxygen atoms in total. The average Bonchev–Trinajstić information content (AvgIpc) is 3.05. The van der Waals surface area contributed by atoms with Crippen LogP contribution in [-0.2, 0) is 16.0 Å². The molecule has 0 aromatic heterocycles. The number of carbonyl (C=O) groups excluding carboxylic acids is 2. The Labute approximate surface area is 167 Å². The Morgan fingerprint density at radius 3 is 2.61 bits per heavy atom. The second kappa shape index (κ2) is 10.3. The van der Waals surface area contributed by atoms with Crippen molar-refractivity contribution < 1.29 is 19.1 Å². The highest BCUT2D eigenvalue weighted by atomic mass is 16.5. The Balaban J connectivity index is 1.89. The van der Waals surface area contributed by atoms with Crippen molar-refractivity contribution in [1.82, 2.24) is 10.2 Å².